The van der Waals surface area contributed by atoms with Gasteiger partial charge in [-0.15, -0.1) is 0 Å². The van der Waals surface area contributed by atoms with Crippen LogP contribution in [0.3, 0.4) is 0 Å². The lowest BCUT2D eigenvalue weighted by molar-refractivity contribution is -0.131. The van der Waals surface area contributed by atoms with Gasteiger partial charge in [-0.2, -0.15) is 0 Å². The summed E-state index contributed by atoms with van der Waals surface area (Å²) in [5, 5.41) is 0. The molecule has 2 aromatic rings. The second-order valence-corrected chi connectivity index (χ2v) is 7.53. The predicted molar refractivity (Wildman–Crippen MR) is 119 cm³/mol. The van der Waals surface area contributed by atoms with Crippen LogP contribution >= 0.6 is 0 Å². The van der Waals surface area contributed by atoms with Gasteiger partial charge < -0.3 is 19.6 Å². The molecular formula is C23H30N4O2. The van der Waals surface area contributed by atoms with Crippen LogP contribution in [0.25, 0.3) is 0 Å². The Morgan fingerprint density at radius 2 is 1.45 bits per heavy atom. The molecule has 0 spiro atoms. The van der Waals surface area contributed by atoms with Gasteiger partial charge in [-0.3, -0.25) is 9.59 Å². The van der Waals surface area contributed by atoms with Crippen LogP contribution in [-0.2, 0) is 9.59 Å². The fourth-order valence-electron chi connectivity index (χ4n) is 3.62. The second kappa shape index (κ2) is 9.45. The zero-order chi connectivity index (χ0) is 20.8. The molecule has 0 aromatic heterocycles. The van der Waals surface area contributed by atoms with Crippen LogP contribution in [0.4, 0.5) is 17.1 Å². The van der Waals surface area contributed by atoms with E-state index in [0.717, 1.165) is 24.5 Å². The van der Waals surface area contributed by atoms with Crippen molar-refractivity contribution in [3.8, 4) is 0 Å². The fourth-order valence-corrected chi connectivity index (χ4v) is 3.62. The number of nitrogens with zero attached hydrogens (tertiary/aromatic N) is 4. The van der Waals surface area contributed by atoms with E-state index in [-0.39, 0.29) is 11.8 Å². The molecule has 0 bridgehead atoms. The van der Waals surface area contributed by atoms with Crippen LogP contribution in [0.5, 0.6) is 0 Å². The van der Waals surface area contributed by atoms with Crippen molar-refractivity contribution in [1.82, 2.24) is 4.90 Å². The standard InChI is InChI=1S/C23H30N4O2/c1-19(28)27(22-11-9-20(10-12-22)24(2)3)14-13-23(29)26-17-15-25(16-18-26)21-7-5-4-6-8-21/h4-12H,13-18H2,1-3H3. The molecule has 1 aliphatic heterocycles. The summed E-state index contributed by atoms with van der Waals surface area (Å²) < 4.78 is 0. The van der Waals surface area contributed by atoms with Crippen LogP contribution in [0.2, 0.25) is 0 Å². The lowest BCUT2D eigenvalue weighted by atomic mass is 10.2. The third kappa shape index (κ3) is 5.28. The first kappa shape index (κ1) is 20.7. The van der Waals surface area contributed by atoms with E-state index < -0.39 is 0 Å². The smallest absolute Gasteiger partial charge is 0.224 e. The Balaban J connectivity index is 1.54. The Hall–Kier alpha value is -3.02. The molecule has 3 rings (SSSR count). The maximum atomic E-state index is 12.7. The SMILES string of the molecule is CC(=O)N(CCC(=O)N1CCN(c2ccccc2)CC1)c1ccc(N(C)C)cc1. The van der Waals surface area contributed by atoms with Crippen molar-refractivity contribution in [1.29, 1.82) is 0 Å². The van der Waals surface area contributed by atoms with Gasteiger partial charge in [-0.05, 0) is 36.4 Å². The van der Waals surface area contributed by atoms with Gasteiger partial charge in [0.1, 0.15) is 0 Å². The van der Waals surface area contributed by atoms with E-state index in [0.29, 0.717) is 26.1 Å². The summed E-state index contributed by atoms with van der Waals surface area (Å²) in [7, 11) is 3.96. The van der Waals surface area contributed by atoms with Crippen LogP contribution < -0.4 is 14.7 Å². The minimum absolute atomic E-state index is 0.0516. The second-order valence-electron chi connectivity index (χ2n) is 7.53. The molecule has 6 heteroatoms. The highest BCUT2D eigenvalue weighted by Gasteiger charge is 2.22. The normalized spacial score (nSPS) is 13.9. The van der Waals surface area contributed by atoms with Crippen molar-refractivity contribution in [3.63, 3.8) is 0 Å². The Bertz CT molecular complexity index is 813. The fraction of sp³-hybridized carbons (Fsp3) is 0.391. The summed E-state index contributed by atoms with van der Waals surface area (Å²) in [5.41, 5.74) is 3.10. The van der Waals surface area contributed by atoms with Crippen LogP contribution in [0.15, 0.2) is 54.6 Å². The number of carbonyl (C=O) groups excluding carboxylic acids is 2. The van der Waals surface area contributed by atoms with Gasteiger partial charge in [-0.1, -0.05) is 18.2 Å². The molecule has 2 aromatic carbocycles. The maximum Gasteiger partial charge on any atom is 0.224 e. The Morgan fingerprint density at radius 3 is 2.00 bits per heavy atom. The summed E-state index contributed by atoms with van der Waals surface area (Å²) in [5.74, 6) is 0.0539. The number of para-hydroxylation sites is 1. The van der Waals surface area contributed by atoms with Gasteiger partial charge in [0.15, 0.2) is 0 Å². The van der Waals surface area contributed by atoms with Crippen molar-refractivity contribution < 1.29 is 9.59 Å². The van der Waals surface area contributed by atoms with E-state index in [1.165, 1.54) is 5.69 Å². The summed E-state index contributed by atoms with van der Waals surface area (Å²) in [6.45, 7) is 5.03. The predicted octanol–water partition coefficient (Wildman–Crippen LogP) is 2.84. The maximum absolute atomic E-state index is 12.7. The Labute approximate surface area is 173 Å². The number of hydrogen-bond donors (Lipinski definition) is 0. The molecule has 1 aliphatic rings. The average molecular weight is 395 g/mol. The molecule has 2 amide bonds. The van der Waals surface area contributed by atoms with E-state index in [1.807, 2.05) is 66.4 Å². The lowest BCUT2D eigenvalue weighted by Crippen LogP contribution is -2.49. The minimum Gasteiger partial charge on any atom is -0.378 e. The third-order valence-electron chi connectivity index (χ3n) is 5.36. The highest BCUT2D eigenvalue weighted by atomic mass is 16.2. The Kier molecular flexibility index (Phi) is 6.75. The number of piperazine rings is 1. The highest BCUT2D eigenvalue weighted by Crippen LogP contribution is 2.21. The molecule has 1 saturated heterocycles. The van der Waals surface area contributed by atoms with Crippen molar-refractivity contribution in [3.05, 3.63) is 54.6 Å². The minimum atomic E-state index is -0.0516. The molecule has 1 heterocycles. The largest absolute Gasteiger partial charge is 0.378 e. The monoisotopic (exact) mass is 394 g/mol. The molecule has 0 N–H and O–H groups in total. The first-order valence-electron chi connectivity index (χ1n) is 10.1. The Morgan fingerprint density at radius 1 is 0.862 bits per heavy atom. The van der Waals surface area contributed by atoms with E-state index in [2.05, 4.69) is 17.0 Å². The quantitative estimate of drug-likeness (QED) is 0.756. The van der Waals surface area contributed by atoms with E-state index in [9.17, 15) is 9.59 Å². The number of amides is 2. The summed E-state index contributed by atoms with van der Waals surface area (Å²) in [4.78, 5) is 32.7. The van der Waals surface area contributed by atoms with E-state index in [1.54, 1.807) is 11.8 Å². The van der Waals surface area contributed by atoms with Gasteiger partial charge in [-0.25, -0.2) is 0 Å². The topological polar surface area (TPSA) is 47.1 Å². The van der Waals surface area contributed by atoms with Gasteiger partial charge >= 0.3 is 0 Å². The molecule has 0 unspecified atom stereocenters. The summed E-state index contributed by atoms with van der Waals surface area (Å²) in [6, 6.07) is 18.1. The van der Waals surface area contributed by atoms with E-state index in [4.69, 9.17) is 0 Å². The van der Waals surface area contributed by atoms with Gasteiger partial charge in [0.25, 0.3) is 0 Å². The molecular weight excluding hydrogens is 364 g/mol. The van der Waals surface area contributed by atoms with Crippen molar-refractivity contribution in [2.24, 2.45) is 0 Å². The molecule has 154 valence electrons. The summed E-state index contributed by atoms with van der Waals surface area (Å²) >= 11 is 0. The van der Waals surface area contributed by atoms with Crippen LogP contribution in [0.1, 0.15) is 13.3 Å². The van der Waals surface area contributed by atoms with Crippen molar-refractivity contribution in [2.75, 3.05) is 61.5 Å². The number of hydrogen-bond acceptors (Lipinski definition) is 4. The van der Waals surface area contributed by atoms with Gasteiger partial charge in [0.05, 0.1) is 0 Å². The number of rotatable bonds is 6. The molecule has 29 heavy (non-hydrogen) atoms. The zero-order valence-corrected chi connectivity index (χ0v) is 17.5. The van der Waals surface area contributed by atoms with Gasteiger partial charge in [0.2, 0.25) is 11.8 Å². The molecule has 1 fully saturated rings. The molecule has 6 nitrogen and oxygen atoms in total. The van der Waals surface area contributed by atoms with Crippen molar-refractivity contribution >= 4 is 28.9 Å². The number of benzene rings is 2. The lowest BCUT2D eigenvalue weighted by Gasteiger charge is -2.36. The number of anilines is 3. The van der Waals surface area contributed by atoms with Crippen LogP contribution in [0, 0.1) is 0 Å². The van der Waals surface area contributed by atoms with E-state index >= 15 is 0 Å². The summed E-state index contributed by atoms with van der Waals surface area (Å²) in [6.07, 6.45) is 0.334. The van der Waals surface area contributed by atoms with Crippen molar-refractivity contribution in [2.45, 2.75) is 13.3 Å². The first-order valence-corrected chi connectivity index (χ1v) is 10.1. The highest BCUT2D eigenvalue weighted by molar-refractivity contribution is 5.92. The third-order valence-corrected chi connectivity index (χ3v) is 5.36. The zero-order valence-electron chi connectivity index (χ0n) is 17.5. The average Bonchev–Trinajstić information content (AvgIpc) is 2.74. The number of carbonyl (C=O) groups is 2. The first-order chi connectivity index (χ1) is 14.0. The molecule has 0 atom stereocenters. The van der Waals surface area contributed by atoms with Crippen LogP contribution in [-0.4, -0.2) is 63.5 Å². The molecule has 0 saturated carbocycles. The molecule has 0 radical (unpaired) electrons. The molecule has 0 aliphatic carbocycles. The van der Waals surface area contributed by atoms with Gasteiger partial charge in [0, 0.05) is 77.2 Å².